The predicted octanol–water partition coefficient (Wildman–Crippen LogP) is 3.02. The van der Waals surface area contributed by atoms with Gasteiger partial charge in [0.05, 0.1) is 13.6 Å². The standard InChI is InChI=1S/C23H31NO2/c1-16-8-7-11-23(2)13-21-18(12-20(16)23)19(22(25)26-21)15-24(3)14-17-9-5-4-6-10-17/h4-6,9-10,18-21H,1,7-8,11-15H2,2-3H3/p+1/t18-,19-,20+,21-,23-/m1/s1. The van der Waals surface area contributed by atoms with E-state index in [1.807, 2.05) is 6.07 Å². The van der Waals surface area contributed by atoms with Crippen LogP contribution in [0, 0.1) is 23.2 Å². The normalized spacial score (nSPS) is 37.6. The highest BCUT2D eigenvalue weighted by atomic mass is 16.6. The van der Waals surface area contributed by atoms with Crippen molar-refractivity contribution in [3.8, 4) is 0 Å². The van der Waals surface area contributed by atoms with Gasteiger partial charge in [-0.05, 0) is 43.4 Å². The topological polar surface area (TPSA) is 30.7 Å². The molecule has 6 atom stereocenters. The molecule has 1 unspecified atom stereocenters. The molecule has 3 fully saturated rings. The first kappa shape index (κ1) is 17.8. The second-order valence-corrected chi connectivity index (χ2v) is 9.23. The quantitative estimate of drug-likeness (QED) is 0.666. The molecule has 2 aliphatic carbocycles. The summed E-state index contributed by atoms with van der Waals surface area (Å²) in [6.45, 7) is 8.60. The summed E-state index contributed by atoms with van der Waals surface area (Å²) in [6.07, 6.45) is 5.91. The third-order valence-electron chi connectivity index (χ3n) is 7.24. The van der Waals surface area contributed by atoms with Gasteiger partial charge in [0.25, 0.3) is 0 Å². The average Bonchev–Trinajstić information content (AvgIpc) is 2.88. The van der Waals surface area contributed by atoms with Crippen molar-refractivity contribution in [1.29, 1.82) is 0 Å². The first-order chi connectivity index (χ1) is 12.5. The van der Waals surface area contributed by atoms with Gasteiger partial charge in [-0.2, -0.15) is 0 Å². The molecule has 1 aromatic rings. The molecule has 1 aromatic carbocycles. The summed E-state index contributed by atoms with van der Waals surface area (Å²) in [5.41, 5.74) is 3.03. The third-order valence-corrected chi connectivity index (χ3v) is 7.24. The molecule has 2 saturated carbocycles. The Balaban J connectivity index is 1.46. The van der Waals surface area contributed by atoms with E-state index in [2.05, 4.69) is 44.8 Å². The van der Waals surface area contributed by atoms with E-state index < -0.39 is 0 Å². The van der Waals surface area contributed by atoms with Crippen LogP contribution in [0.4, 0.5) is 0 Å². The van der Waals surface area contributed by atoms with E-state index in [4.69, 9.17) is 4.74 Å². The molecule has 1 aliphatic heterocycles. The number of esters is 1. The number of carbonyl (C=O) groups is 1. The number of rotatable bonds is 4. The molecule has 140 valence electrons. The molecule has 3 nitrogen and oxygen atoms in total. The number of fused-ring (bicyclic) bond motifs is 2. The average molecular weight is 355 g/mol. The molecule has 0 aromatic heterocycles. The van der Waals surface area contributed by atoms with E-state index in [1.165, 1.54) is 28.9 Å². The first-order valence-corrected chi connectivity index (χ1v) is 10.2. The van der Waals surface area contributed by atoms with E-state index in [9.17, 15) is 4.79 Å². The minimum Gasteiger partial charge on any atom is -0.462 e. The number of ether oxygens (including phenoxy) is 1. The maximum absolute atomic E-state index is 12.7. The van der Waals surface area contributed by atoms with Crippen molar-refractivity contribution >= 4 is 5.97 Å². The fourth-order valence-electron chi connectivity index (χ4n) is 5.88. The Labute approximate surface area is 157 Å². The summed E-state index contributed by atoms with van der Waals surface area (Å²) in [6, 6.07) is 10.5. The number of benzene rings is 1. The Morgan fingerprint density at radius 3 is 2.85 bits per heavy atom. The summed E-state index contributed by atoms with van der Waals surface area (Å²) in [4.78, 5) is 14.0. The summed E-state index contributed by atoms with van der Waals surface area (Å²) in [7, 11) is 2.19. The van der Waals surface area contributed by atoms with Gasteiger partial charge >= 0.3 is 5.97 Å². The van der Waals surface area contributed by atoms with Gasteiger partial charge in [-0.3, -0.25) is 4.79 Å². The molecule has 3 heteroatoms. The fourth-order valence-corrected chi connectivity index (χ4v) is 5.88. The summed E-state index contributed by atoms with van der Waals surface area (Å²) in [5.74, 6) is 1.04. The Kier molecular flexibility index (Phi) is 4.68. The molecule has 4 rings (SSSR count). The Morgan fingerprint density at radius 2 is 2.08 bits per heavy atom. The first-order valence-electron chi connectivity index (χ1n) is 10.2. The van der Waals surface area contributed by atoms with Gasteiger partial charge in [0.1, 0.15) is 18.6 Å². The summed E-state index contributed by atoms with van der Waals surface area (Å²) < 4.78 is 5.90. The molecule has 26 heavy (non-hydrogen) atoms. The minimum absolute atomic E-state index is 0.0419. The minimum atomic E-state index is 0.0419. The molecular weight excluding hydrogens is 322 g/mol. The van der Waals surface area contributed by atoms with E-state index in [1.54, 1.807) is 0 Å². The Hall–Kier alpha value is -1.61. The van der Waals surface area contributed by atoms with Crippen LogP contribution < -0.4 is 4.90 Å². The van der Waals surface area contributed by atoms with Gasteiger partial charge < -0.3 is 9.64 Å². The maximum atomic E-state index is 12.7. The van der Waals surface area contributed by atoms with Crippen LogP contribution in [0.5, 0.6) is 0 Å². The van der Waals surface area contributed by atoms with Crippen LogP contribution in [-0.4, -0.2) is 25.7 Å². The fraction of sp³-hybridized carbons (Fsp3) is 0.609. The van der Waals surface area contributed by atoms with Gasteiger partial charge in [0.15, 0.2) is 0 Å². The van der Waals surface area contributed by atoms with E-state index in [0.29, 0.717) is 11.8 Å². The number of quaternary nitrogens is 1. The van der Waals surface area contributed by atoms with Crippen LogP contribution in [0.3, 0.4) is 0 Å². The van der Waals surface area contributed by atoms with Crippen LogP contribution in [0.15, 0.2) is 42.5 Å². The number of hydrogen-bond donors (Lipinski definition) is 1. The van der Waals surface area contributed by atoms with Gasteiger partial charge in [-0.25, -0.2) is 0 Å². The lowest BCUT2D eigenvalue weighted by atomic mass is 9.55. The Morgan fingerprint density at radius 1 is 1.31 bits per heavy atom. The van der Waals surface area contributed by atoms with Crippen molar-refractivity contribution in [2.75, 3.05) is 13.6 Å². The molecule has 1 heterocycles. The van der Waals surface area contributed by atoms with Crippen molar-refractivity contribution in [3.05, 3.63) is 48.0 Å². The number of allylic oxidation sites excluding steroid dienone is 1. The SMILES string of the molecule is C=C1CCC[C@]2(C)C[C@H]3OC(=O)[C@H](C[NH+](C)Cc4ccccc4)[C@H]3C[C@@H]12. The zero-order chi connectivity index (χ0) is 18.3. The van der Waals surface area contributed by atoms with Gasteiger partial charge in [0.2, 0.25) is 0 Å². The van der Waals surface area contributed by atoms with E-state index in [-0.39, 0.29) is 23.4 Å². The molecular formula is C23H32NO2+. The highest BCUT2D eigenvalue weighted by Crippen LogP contribution is 2.56. The van der Waals surface area contributed by atoms with Crippen molar-refractivity contribution in [2.45, 2.75) is 51.7 Å². The van der Waals surface area contributed by atoms with Crippen LogP contribution in [0.2, 0.25) is 0 Å². The lowest BCUT2D eigenvalue weighted by Gasteiger charge is -2.50. The van der Waals surface area contributed by atoms with Crippen molar-refractivity contribution < 1.29 is 14.4 Å². The van der Waals surface area contributed by atoms with Crippen molar-refractivity contribution in [2.24, 2.45) is 23.2 Å². The monoisotopic (exact) mass is 354 g/mol. The largest absolute Gasteiger partial charge is 0.462 e. The molecule has 1 N–H and O–H groups in total. The zero-order valence-corrected chi connectivity index (χ0v) is 16.2. The highest BCUT2D eigenvalue weighted by molar-refractivity contribution is 5.75. The zero-order valence-electron chi connectivity index (χ0n) is 16.2. The molecule has 3 aliphatic rings. The third kappa shape index (κ3) is 3.22. The smallest absolute Gasteiger partial charge is 0.315 e. The molecule has 0 radical (unpaired) electrons. The molecule has 0 amide bonds. The number of hydrogen-bond acceptors (Lipinski definition) is 2. The predicted molar refractivity (Wildman–Crippen MR) is 103 cm³/mol. The van der Waals surface area contributed by atoms with Crippen LogP contribution in [0.1, 0.15) is 44.6 Å². The molecule has 0 bridgehead atoms. The van der Waals surface area contributed by atoms with Gasteiger partial charge in [-0.1, -0.05) is 49.4 Å². The van der Waals surface area contributed by atoms with Gasteiger partial charge in [0, 0.05) is 11.5 Å². The lowest BCUT2D eigenvalue weighted by molar-refractivity contribution is -0.896. The second-order valence-electron chi connectivity index (χ2n) is 9.23. The highest BCUT2D eigenvalue weighted by Gasteiger charge is 2.55. The van der Waals surface area contributed by atoms with E-state index >= 15 is 0 Å². The van der Waals surface area contributed by atoms with Crippen molar-refractivity contribution in [3.63, 3.8) is 0 Å². The number of carbonyl (C=O) groups excluding carboxylic acids is 1. The second kappa shape index (κ2) is 6.84. The lowest BCUT2D eigenvalue weighted by Crippen LogP contribution is -3.08. The van der Waals surface area contributed by atoms with Crippen molar-refractivity contribution in [1.82, 2.24) is 0 Å². The van der Waals surface area contributed by atoms with Gasteiger partial charge in [-0.15, -0.1) is 0 Å². The van der Waals surface area contributed by atoms with Crippen LogP contribution >= 0.6 is 0 Å². The van der Waals surface area contributed by atoms with E-state index in [0.717, 1.165) is 32.4 Å². The Bertz CT molecular complexity index is 685. The summed E-state index contributed by atoms with van der Waals surface area (Å²) >= 11 is 0. The number of nitrogens with one attached hydrogen (secondary N) is 1. The molecule has 0 spiro atoms. The maximum Gasteiger partial charge on any atom is 0.315 e. The molecule has 1 saturated heterocycles. The van der Waals surface area contributed by atoms with Crippen LogP contribution in [0.25, 0.3) is 0 Å². The summed E-state index contributed by atoms with van der Waals surface area (Å²) in [5, 5.41) is 0. The van der Waals surface area contributed by atoms with Crippen LogP contribution in [-0.2, 0) is 16.1 Å².